The predicted octanol–water partition coefficient (Wildman–Crippen LogP) is 5.70. The van der Waals surface area contributed by atoms with Gasteiger partial charge in [0.1, 0.15) is 11.3 Å². The first-order valence-corrected chi connectivity index (χ1v) is 11.8. The van der Waals surface area contributed by atoms with E-state index >= 15 is 0 Å². The molecule has 2 heterocycles. The standard InChI is InChI=1S/C25H28Cl2N2O3/c1-17-14-21(24-18(2)16-23(30)32-22(24)15-17)31-13-4-3-8-28-9-11-29(12-10-28)20-7-5-6-19(26)25(20)27/h5-7,14-16H,3-4,8-13H2,1-2H3. The number of anilines is 1. The third-order valence-corrected chi connectivity index (χ3v) is 6.73. The number of benzene rings is 2. The lowest BCUT2D eigenvalue weighted by atomic mass is 10.1. The quantitative estimate of drug-likeness (QED) is 0.324. The van der Waals surface area contributed by atoms with Crippen LogP contribution in [0.15, 0.2) is 45.6 Å². The maximum absolute atomic E-state index is 11.7. The van der Waals surface area contributed by atoms with Gasteiger partial charge in [0.05, 0.1) is 27.7 Å². The number of aryl methyl sites for hydroxylation is 2. The van der Waals surface area contributed by atoms with E-state index in [0.717, 1.165) is 73.5 Å². The molecule has 32 heavy (non-hydrogen) atoms. The normalized spacial score (nSPS) is 14.8. The predicted molar refractivity (Wildman–Crippen MR) is 132 cm³/mol. The van der Waals surface area contributed by atoms with Crippen LogP contribution in [0.3, 0.4) is 0 Å². The number of piperazine rings is 1. The summed E-state index contributed by atoms with van der Waals surface area (Å²) in [5.41, 5.74) is 3.17. The third-order valence-electron chi connectivity index (χ3n) is 5.92. The van der Waals surface area contributed by atoms with Crippen molar-refractivity contribution in [2.45, 2.75) is 26.7 Å². The van der Waals surface area contributed by atoms with Crippen molar-refractivity contribution < 1.29 is 9.15 Å². The smallest absolute Gasteiger partial charge is 0.336 e. The van der Waals surface area contributed by atoms with Crippen LogP contribution in [0.2, 0.25) is 10.0 Å². The Balaban J connectivity index is 1.25. The van der Waals surface area contributed by atoms with Crippen molar-refractivity contribution in [3.8, 4) is 5.75 Å². The van der Waals surface area contributed by atoms with E-state index in [1.165, 1.54) is 6.07 Å². The van der Waals surface area contributed by atoms with E-state index in [1.807, 2.05) is 44.2 Å². The molecule has 170 valence electrons. The Hall–Kier alpha value is -2.21. The Morgan fingerprint density at radius 1 is 1.03 bits per heavy atom. The summed E-state index contributed by atoms with van der Waals surface area (Å²) < 4.78 is 11.5. The molecule has 1 aromatic heterocycles. The zero-order valence-corrected chi connectivity index (χ0v) is 20.0. The SMILES string of the molecule is Cc1cc(OCCCCN2CCN(c3cccc(Cl)c3Cl)CC2)c2c(C)cc(=O)oc2c1. The first kappa shape index (κ1) is 23.0. The van der Waals surface area contributed by atoms with Crippen molar-refractivity contribution in [2.24, 2.45) is 0 Å². The van der Waals surface area contributed by atoms with Crippen LogP contribution in [0.5, 0.6) is 5.75 Å². The molecular formula is C25H28Cl2N2O3. The van der Waals surface area contributed by atoms with Gasteiger partial charge in [-0.2, -0.15) is 0 Å². The Morgan fingerprint density at radius 3 is 2.59 bits per heavy atom. The van der Waals surface area contributed by atoms with Crippen molar-refractivity contribution in [1.29, 1.82) is 0 Å². The first-order chi connectivity index (χ1) is 15.4. The summed E-state index contributed by atoms with van der Waals surface area (Å²) in [6, 6.07) is 11.2. The number of ether oxygens (including phenoxy) is 1. The largest absolute Gasteiger partial charge is 0.493 e. The summed E-state index contributed by atoms with van der Waals surface area (Å²) in [5, 5.41) is 2.12. The highest BCUT2D eigenvalue weighted by Gasteiger charge is 2.19. The Bertz CT molecular complexity index is 1150. The average molecular weight is 475 g/mol. The monoisotopic (exact) mass is 474 g/mol. The summed E-state index contributed by atoms with van der Waals surface area (Å²) in [6.45, 7) is 9.46. The van der Waals surface area contributed by atoms with Crippen LogP contribution in [0.4, 0.5) is 5.69 Å². The molecule has 7 heteroatoms. The highest BCUT2D eigenvalue weighted by Crippen LogP contribution is 2.33. The van der Waals surface area contributed by atoms with Gasteiger partial charge in [-0.05, 0) is 68.6 Å². The molecule has 1 aliphatic rings. The molecule has 0 aliphatic carbocycles. The van der Waals surface area contributed by atoms with Gasteiger partial charge in [0, 0.05) is 32.2 Å². The van der Waals surface area contributed by atoms with E-state index in [4.69, 9.17) is 32.4 Å². The van der Waals surface area contributed by atoms with Crippen molar-refractivity contribution in [1.82, 2.24) is 4.90 Å². The molecule has 2 aromatic carbocycles. The van der Waals surface area contributed by atoms with Crippen LogP contribution in [0.25, 0.3) is 11.0 Å². The van der Waals surface area contributed by atoms with Gasteiger partial charge in [-0.1, -0.05) is 29.3 Å². The highest BCUT2D eigenvalue weighted by atomic mass is 35.5. The molecule has 1 saturated heterocycles. The van der Waals surface area contributed by atoms with Crippen molar-refractivity contribution in [3.63, 3.8) is 0 Å². The number of rotatable bonds is 7. The average Bonchev–Trinajstić information content (AvgIpc) is 2.75. The fraction of sp³-hybridized carbons (Fsp3) is 0.400. The molecule has 4 rings (SSSR count). The van der Waals surface area contributed by atoms with E-state index in [2.05, 4.69) is 9.80 Å². The summed E-state index contributed by atoms with van der Waals surface area (Å²) in [7, 11) is 0. The fourth-order valence-electron chi connectivity index (χ4n) is 4.26. The van der Waals surface area contributed by atoms with Crippen LogP contribution in [-0.2, 0) is 0 Å². The molecule has 3 aromatic rings. The molecule has 1 fully saturated rings. The van der Waals surface area contributed by atoms with Crippen molar-refractivity contribution in [2.75, 3.05) is 44.2 Å². The highest BCUT2D eigenvalue weighted by molar-refractivity contribution is 6.43. The third kappa shape index (κ3) is 5.22. The molecule has 0 spiro atoms. The van der Waals surface area contributed by atoms with E-state index < -0.39 is 0 Å². The molecule has 0 bridgehead atoms. The summed E-state index contributed by atoms with van der Waals surface area (Å²) in [6.07, 6.45) is 2.03. The molecule has 5 nitrogen and oxygen atoms in total. The second-order valence-electron chi connectivity index (χ2n) is 8.34. The van der Waals surface area contributed by atoms with E-state index in [0.29, 0.717) is 22.2 Å². The fourth-order valence-corrected chi connectivity index (χ4v) is 4.67. The lowest BCUT2D eigenvalue weighted by molar-refractivity contribution is 0.239. The topological polar surface area (TPSA) is 45.9 Å². The van der Waals surface area contributed by atoms with E-state index in [-0.39, 0.29) is 5.63 Å². The second kappa shape index (κ2) is 10.2. The molecular weight excluding hydrogens is 447 g/mol. The minimum Gasteiger partial charge on any atom is -0.493 e. The van der Waals surface area contributed by atoms with Crippen molar-refractivity contribution in [3.05, 3.63) is 68.0 Å². The number of nitrogens with zero attached hydrogens (tertiary/aromatic N) is 2. The molecule has 0 N–H and O–H groups in total. The minimum atomic E-state index is -0.329. The molecule has 0 unspecified atom stereocenters. The van der Waals surface area contributed by atoms with Crippen LogP contribution in [0.1, 0.15) is 24.0 Å². The number of halogens is 2. The Labute approximate surface area is 198 Å². The second-order valence-corrected chi connectivity index (χ2v) is 9.13. The van der Waals surface area contributed by atoms with Crippen molar-refractivity contribution >= 4 is 39.9 Å². The van der Waals surface area contributed by atoms with Crippen LogP contribution in [0, 0.1) is 13.8 Å². The van der Waals surface area contributed by atoms with Gasteiger partial charge in [-0.25, -0.2) is 4.79 Å². The maximum Gasteiger partial charge on any atom is 0.336 e. The van der Waals surface area contributed by atoms with Gasteiger partial charge in [-0.15, -0.1) is 0 Å². The van der Waals surface area contributed by atoms with Gasteiger partial charge in [-0.3, -0.25) is 4.90 Å². The van der Waals surface area contributed by atoms with Gasteiger partial charge in [0.25, 0.3) is 0 Å². The molecule has 0 radical (unpaired) electrons. The summed E-state index contributed by atoms with van der Waals surface area (Å²) >= 11 is 12.5. The van der Waals surface area contributed by atoms with Crippen LogP contribution < -0.4 is 15.3 Å². The number of fused-ring (bicyclic) bond motifs is 1. The first-order valence-electron chi connectivity index (χ1n) is 11.0. The number of unbranched alkanes of at least 4 members (excludes halogenated alkanes) is 1. The zero-order chi connectivity index (χ0) is 22.7. The van der Waals surface area contributed by atoms with Gasteiger partial charge < -0.3 is 14.1 Å². The van der Waals surface area contributed by atoms with Gasteiger partial charge >= 0.3 is 5.63 Å². The minimum absolute atomic E-state index is 0.329. The summed E-state index contributed by atoms with van der Waals surface area (Å²) in [4.78, 5) is 16.5. The molecule has 0 saturated carbocycles. The molecule has 1 aliphatic heterocycles. The number of hydrogen-bond acceptors (Lipinski definition) is 5. The summed E-state index contributed by atoms with van der Waals surface area (Å²) in [5.74, 6) is 0.785. The van der Waals surface area contributed by atoms with E-state index in [9.17, 15) is 4.79 Å². The molecule has 0 amide bonds. The number of hydrogen-bond donors (Lipinski definition) is 0. The lowest BCUT2D eigenvalue weighted by Crippen LogP contribution is -2.46. The van der Waals surface area contributed by atoms with Gasteiger partial charge in [0.2, 0.25) is 0 Å². The Morgan fingerprint density at radius 2 is 1.81 bits per heavy atom. The zero-order valence-electron chi connectivity index (χ0n) is 18.5. The maximum atomic E-state index is 11.7. The Kier molecular flexibility index (Phi) is 7.29. The van der Waals surface area contributed by atoms with E-state index in [1.54, 1.807) is 0 Å². The van der Waals surface area contributed by atoms with Crippen LogP contribution in [-0.4, -0.2) is 44.2 Å². The van der Waals surface area contributed by atoms with Crippen LogP contribution >= 0.6 is 23.2 Å². The van der Waals surface area contributed by atoms with Gasteiger partial charge in [0.15, 0.2) is 0 Å². The lowest BCUT2D eigenvalue weighted by Gasteiger charge is -2.36. The molecule has 0 atom stereocenters.